The van der Waals surface area contributed by atoms with Gasteiger partial charge in [-0.05, 0) is 63.2 Å². The van der Waals surface area contributed by atoms with Crippen molar-refractivity contribution in [1.29, 1.82) is 0 Å². The summed E-state index contributed by atoms with van der Waals surface area (Å²) in [5, 5.41) is 8.44. The molecule has 0 N–H and O–H groups in total. The second kappa shape index (κ2) is 12.7. The molecule has 0 spiro atoms. The van der Waals surface area contributed by atoms with Crippen molar-refractivity contribution in [3.8, 4) is 17.6 Å². The first kappa shape index (κ1) is 26.7. The van der Waals surface area contributed by atoms with Crippen molar-refractivity contribution in [1.82, 2.24) is 20.0 Å². The molecule has 0 atom stereocenters. The molecule has 2 aromatic carbocycles. The molecule has 1 aromatic heterocycles. The van der Waals surface area contributed by atoms with E-state index in [9.17, 15) is 9.59 Å². The molecule has 4 rings (SSSR count). The Hall–Kier alpha value is -4.38. The van der Waals surface area contributed by atoms with Crippen molar-refractivity contribution in [2.45, 2.75) is 20.8 Å². The van der Waals surface area contributed by atoms with Gasteiger partial charge >= 0.3 is 0 Å². The van der Waals surface area contributed by atoms with Crippen LogP contribution in [-0.4, -0.2) is 77.7 Å². The number of anilines is 1. The highest BCUT2D eigenvalue weighted by Crippen LogP contribution is 2.18. The zero-order valence-electron chi connectivity index (χ0n) is 22.2. The summed E-state index contributed by atoms with van der Waals surface area (Å²) in [4.78, 5) is 31.5. The highest BCUT2D eigenvalue weighted by atomic mass is 16.5. The maximum absolute atomic E-state index is 13.4. The van der Waals surface area contributed by atoms with Crippen LogP contribution in [0.15, 0.2) is 60.7 Å². The van der Waals surface area contributed by atoms with Crippen molar-refractivity contribution in [3.05, 3.63) is 83.0 Å². The van der Waals surface area contributed by atoms with Crippen molar-refractivity contribution in [2.24, 2.45) is 0 Å². The fourth-order valence-electron chi connectivity index (χ4n) is 4.34. The quantitative estimate of drug-likeness (QED) is 0.450. The number of hydrogen-bond donors (Lipinski definition) is 0. The Morgan fingerprint density at radius 3 is 2.34 bits per heavy atom. The minimum atomic E-state index is -0.117. The molecule has 2 amide bonds. The van der Waals surface area contributed by atoms with E-state index in [0.29, 0.717) is 68.5 Å². The van der Waals surface area contributed by atoms with Crippen LogP contribution in [0.1, 0.15) is 52.7 Å². The first-order valence-corrected chi connectivity index (χ1v) is 13.0. The second-order valence-corrected chi connectivity index (χ2v) is 8.79. The molecule has 38 heavy (non-hydrogen) atoms. The van der Waals surface area contributed by atoms with Gasteiger partial charge in [0.15, 0.2) is 11.5 Å². The van der Waals surface area contributed by atoms with E-state index in [0.717, 1.165) is 11.3 Å². The van der Waals surface area contributed by atoms with E-state index in [2.05, 4.69) is 26.9 Å². The van der Waals surface area contributed by atoms with E-state index in [1.165, 1.54) is 0 Å². The van der Waals surface area contributed by atoms with E-state index >= 15 is 0 Å². The van der Waals surface area contributed by atoms with Gasteiger partial charge in [0.25, 0.3) is 11.8 Å². The Balaban J connectivity index is 1.41. The Morgan fingerprint density at radius 1 is 0.895 bits per heavy atom. The molecular formula is C30H33N5O3. The molecule has 1 aliphatic heterocycles. The van der Waals surface area contributed by atoms with Gasteiger partial charge < -0.3 is 19.4 Å². The first-order chi connectivity index (χ1) is 18.5. The predicted molar refractivity (Wildman–Crippen MR) is 147 cm³/mol. The van der Waals surface area contributed by atoms with Crippen LogP contribution in [0.3, 0.4) is 0 Å². The highest BCUT2D eigenvalue weighted by molar-refractivity contribution is 5.97. The van der Waals surface area contributed by atoms with Crippen molar-refractivity contribution >= 4 is 17.6 Å². The number of ether oxygens (including phenoxy) is 1. The number of nitrogens with zero attached hydrogens (tertiary/aromatic N) is 5. The van der Waals surface area contributed by atoms with Crippen LogP contribution in [0.4, 0.5) is 5.82 Å². The third-order valence-corrected chi connectivity index (χ3v) is 6.46. The number of aromatic nitrogens is 2. The normalized spacial score (nSPS) is 12.9. The lowest BCUT2D eigenvalue weighted by Gasteiger charge is -2.35. The van der Waals surface area contributed by atoms with Gasteiger partial charge in [0.2, 0.25) is 0 Å². The van der Waals surface area contributed by atoms with Crippen molar-refractivity contribution in [2.75, 3.05) is 50.8 Å². The maximum Gasteiger partial charge on any atom is 0.274 e. The van der Waals surface area contributed by atoms with Crippen LogP contribution >= 0.6 is 0 Å². The molecule has 0 unspecified atom stereocenters. The minimum Gasteiger partial charge on any atom is -0.494 e. The van der Waals surface area contributed by atoms with E-state index in [1.54, 1.807) is 11.0 Å². The summed E-state index contributed by atoms with van der Waals surface area (Å²) in [6, 6.07) is 18.6. The molecule has 0 aliphatic carbocycles. The van der Waals surface area contributed by atoms with Crippen LogP contribution in [0.25, 0.3) is 0 Å². The zero-order valence-corrected chi connectivity index (χ0v) is 22.2. The third kappa shape index (κ3) is 6.30. The van der Waals surface area contributed by atoms with E-state index < -0.39 is 0 Å². The number of hydrogen-bond acceptors (Lipinski definition) is 6. The summed E-state index contributed by atoms with van der Waals surface area (Å²) in [7, 11) is 0. The van der Waals surface area contributed by atoms with Gasteiger partial charge in [-0.2, -0.15) is 0 Å². The molecule has 3 aromatic rings. The lowest BCUT2D eigenvalue weighted by molar-refractivity contribution is 0.0742. The van der Waals surface area contributed by atoms with E-state index in [-0.39, 0.29) is 11.8 Å². The molecule has 0 bridgehead atoms. The molecule has 1 saturated heterocycles. The molecule has 0 saturated carbocycles. The fraction of sp³-hybridized carbons (Fsp3) is 0.333. The van der Waals surface area contributed by atoms with Gasteiger partial charge in [0.1, 0.15) is 5.75 Å². The number of piperazine rings is 1. The fourth-order valence-corrected chi connectivity index (χ4v) is 4.34. The van der Waals surface area contributed by atoms with E-state index in [1.807, 2.05) is 80.3 Å². The summed E-state index contributed by atoms with van der Waals surface area (Å²) >= 11 is 0. The summed E-state index contributed by atoms with van der Waals surface area (Å²) in [6.45, 7) is 10.0. The summed E-state index contributed by atoms with van der Waals surface area (Å²) in [5.41, 5.74) is 2.46. The third-order valence-electron chi connectivity index (χ3n) is 6.46. The number of carbonyl (C=O) groups is 2. The van der Waals surface area contributed by atoms with Crippen LogP contribution in [0.2, 0.25) is 0 Å². The van der Waals surface area contributed by atoms with E-state index in [4.69, 9.17) is 4.74 Å². The van der Waals surface area contributed by atoms with Crippen molar-refractivity contribution in [3.63, 3.8) is 0 Å². The summed E-state index contributed by atoms with van der Waals surface area (Å²) in [6.07, 6.45) is 0. The van der Waals surface area contributed by atoms with Gasteiger partial charge in [-0.3, -0.25) is 9.59 Å². The monoisotopic (exact) mass is 511 g/mol. The Kier molecular flexibility index (Phi) is 8.94. The maximum atomic E-state index is 13.4. The average Bonchev–Trinajstić information content (AvgIpc) is 2.97. The average molecular weight is 512 g/mol. The minimum absolute atomic E-state index is 0.0381. The van der Waals surface area contributed by atoms with Crippen LogP contribution in [-0.2, 0) is 0 Å². The molecule has 196 valence electrons. The topological polar surface area (TPSA) is 78.9 Å². The second-order valence-electron chi connectivity index (χ2n) is 8.79. The summed E-state index contributed by atoms with van der Waals surface area (Å²) < 4.78 is 5.56. The molecular weight excluding hydrogens is 478 g/mol. The van der Waals surface area contributed by atoms with Gasteiger partial charge in [0, 0.05) is 50.4 Å². The molecule has 8 nitrogen and oxygen atoms in total. The van der Waals surface area contributed by atoms with Crippen molar-refractivity contribution < 1.29 is 14.3 Å². The number of amides is 2. The largest absolute Gasteiger partial charge is 0.494 e. The highest BCUT2D eigenvalue weighted by Gasteiger charge is 2.25. The molecule has 1 aliphatic rings. The van der Waals surface area contributed by atoms with Gasteiger partial charge in [-0.1, -0.05) is 30.0 Å². The number of benzene rings is 2. The number of rotatable bonds is 7. The lowest BCUT2D eigenvalue weighted by atomic mass is 10.1. The SMILES string of the molecule is CCOc1cccc(C#Cc2ccccc2C(=O)N2CCN(c3ccc(C(=O)N(CC)CC)nn3)CC2)c1. The van der Waals surface area contributed by atoms with Gasteiger partial charge in [-0.25, -0.2) is 0 Å². The zero-order chi connectivity index (χ0) is 26.9. The van der Waals surface area contributed by atoms with Gasteiger partial charge in [0.05, 0.1) is 12.2 Å². The first-order valence-electron chi connectivity index (χ1n) is 13.0. The standard InChI is InChI=1S/C30H33N5O3/c1-4-33(5-2)30(37)27-16-17-28(32-31-27)34-18-20-35(21-19-34)29(36)26-13-8-7-11-24(26)15-14-23-10-9-12-25(22-23)38-6-3/h7-13,16-17,22H,4-6,18-21H2,1-3H3. The molecule has 8 heteroatoms. The Morgan fingerprint density at radius 2 is 1.66 bits per heavy atom. The van der Waals surface area contributed by atoms with Crippen LogP contribution in [0, 0.1) is 11.8 Å². The Labute approximate surface area is 224 Å². The number of carbonyl (C=O) groups excluding carboxylic acids is 2. The summed E-state index contributed by atoms with van der Waals surface area (Å²) in [5.74, 6) is 7.65. The lowest BCUT2D eigenvalue weighted by Crippen LogP contribution is -2.49. The molecule has 2 heterocycles. The van der Waals surface area contributed by atoms with Crippen LogP contribution < -0.4 is 9.64 Å². The van der Waals surface area contributed by atoms with Gasteiger partial charge in [-0.15, -0.1) is 10.2 Å². The van der Waals surface area contributed by atoms with Crippen LogP contribution in [0.5, 0.6) is 5.75 Å². The Bertz CT molecular complexity index is 1320. The molecule has 0 radical (unpaired) electrons. The smallest absolute Gasteiger partial charge is 0.274 e. The predicted octanol–water partition coefficient (Wildman–Crippen LogP) is 3.72. The molecule has 1 fully saturated rings.